The minimum Gasteiger partial charge on any atom is -0.308 e. The van der Waals surface area contributed by atoms with Gasteiger partial charge in [-0.2, -0.15) is 26.3 Å². The molecule has 0 saturated heterocycles. The predicted octanol–water partition coefficient (Wildman–Crippen LogP) is 4.67. The van der Waals surface area contributed by atoms with Crippen LogP contribution in [0.1, 0.15) is 65.2 Å². The number of hydrogen-bond acceptors (Lipinski definition) is 2. The van der Waals surface area contributed by atoms with Gasteiger partial charge in [-0.05, 0) is 18.8 Å². The van der Waals surface area contributed by atoms with E-state index in [0.29, 0.717) is 12.8 Å². The summed E-state index contributed by atoms with van der Waals surface area (Å²) in [5, 5.41) is 2.87. The van der Waals surface area contributed by atoms with Crippen LogP contribution in [0.3, 0.4) is 0 Å². The van der Waals surface area contributed by atoms with Gasteiger partial charge >= 0.3 is 20.2 Å². The lowest BCUT2D eigenvalue weighted by atomic mass is 9.71. The lowest BCUT2D eigenvalue weighted by molar-refractivity contribution is -0.179. The van der Waals surface area contributed by atoms with Crippen molar-refractivity contribution in [3.63, 3.8) is 0 Å². The highest BCUT2D eigenvalue weighted by molar-refractivity contribution is 7.45. The first-order valence-corrected chi connectivity index (χ1v) is 10.2. The summed E-state index contributed by atoms with van der Waals surface area (Å²) >= 11 is 0. The zero-order valence-electron chi connectivity index (χ0n) is 15.3. The van der Waals surface area contributed by atoms with Crippen molar-refractivity contribution in [2.24, 2.45) is 5.92 Å². The van der Waals surface area contributed by atoms with Crippen LogP contribution in [-0.4, -0.2) is 38.6 Å². The Morgan fingerprint density at radius 2 is 1.48 bits per heavy atom. The third-order valence-electron chi connectivity index (χ3n) is 4.28. The summed E-state index contributed by atoms with van der Waals surface area (Å²) in [5.74, 6) is -1.03. The fourth-order valence-electron chi connectivity index (χ4n) is 3.65. The van der Waals surface area contributed by atoms with E-state index in [1.54, 1.807) is 13.8 Å². The second-order valence-corrected chi connectivity index (χ2v) is 8.26. The Morgan fingerprint density at radius 1 is 1.00 bits per heavy atom. The van der Waals surface area contributed by atoms with Gasteiger partial charge in [0.05, 0.1) is 6.42 Å². The summed E-state index contributed by atoms with van der Waals surface area (Å²) < 4.78 is 86.7. The van der Waals surface area contributed by atoms with E-state index < -0.39 is 44.5 Å². The van der Waals surface area contributed by atoms with Gasteiger partial charge in [0, 0.05) is 18.0 Å². The fourth-order valence-corrected chi connectivity index (χ4v) is 3.65. The van der Waals surface area contributed by atoms with Gasteiger partial charge in [-0.25, -0.2) is 4.57 Å². The van der Waals surface area contributed by atoms with Crippen molar-refractivity contribution >= 4 is 7.82 Å². The van der Waals surface area contributed by atoms with Gasteiger partial charge < -0.3 is 20.0 Å². The van der Waals surface area contributed by atoms with Crippen LogP contribution in [0.2, 0.25) is 0 Å². The van der Waals surface area contributed by atoms with Crippen LogP contribution in [0, 0.1) is 5.92 Å². The topological polar surface area (TPSA) is 89.8 Å². The molecule has 0 spiro atoms. The van der Waals surface area contributed by atoms with Crippen molar-refractivity contribution in [3.05, 3.63) is 0 Å². The third kappa shape index (κ3) is 14.3. The maximum atomic E-state index is 13.1. The maximum Gasteiger partial charge on any atom is 0.466 e. The van der Waals surface area contributed by atoms with Crippen molar-refractivity contribution in [3.8, 4) is 0 Å². The zero-order valence-corrected chi connectivity index (χ0v) is 16.2. The van der Waals surface area contributed by atoms with Gasteiger partial charge in [0.25, 0.3) is 0 Å². The quantitative estimate of drug-likeness (QED) is 0.384. The summed E-state index contributed by atoms with van der Waals surface area (Å²) in [5.41, 5.74) is -1.51. The zero-order chi connectivity index (χ0) is 21.5. The van der Waals surface area contributed by atoms with Gasteiger partial charge in [0.2, 0.25) is 0 Å². The number of rotatable bonds is 4. The molecule has 164 valence electrons. The highest BCUT2D eigenvalue weighted by atomic mass is 31.2. The van der Waals surface area contributed by atoms with Crippen LogP contribution >= 0.6 is 7.82 Å². The monoisotopic (exact) mass is 431 g/mol. The minimum absolute atomic E-state index is 0.144. The van der Waals surface area contributed by atoms with Crippen LogP contribution in [0.25, 0.3) is 0 Å². The standard InChI is InChI=1S/C15H25F6N.H3O4P/c1-11(2)22-13(10-15(19,20)21)8-6-4-3-5-7-12(13)9-14(16,17)18;1-5(2,3)4/h11-12,22H,3-10H2,1-2H3;(H3,1,2,3,4). The molecule has 1 aliphatic rings. The summed E-state index contributed by atoms with van der Waals surface area (Å²) in [7, 11) is -4.64. The molecule has 0 aromatic rings. The van der Waals surface area contributed by atoms with Crippen LogP contribution < -0.4 is 5.32 Å². The van der Waals surface area contributed by atoms with Gasteiger partial charge in [-0.3, -0.25) is 0 Å². The van der Waals surface area contributed by atoms with E-state index in [4.69, 9.17) is 19.2 Å². The van der Waals surface area contributed by atoms with Crippen LogP contribution in [0.5, 0.6) is 0 Å². The second kappa shape index (κ2) is 10.4. The molecule has 0 radical (unpaired) electrons. The molecular weight excluding hydrogens is 403 g/mol. The highest BCUT2D eigenvalue weighted by Crippen LogP contribution is 2.44. The molecule has 0 aromatic heterocycles. The van der Waals surface area contributed by atoms with E-state index >= 15 is 0 Å². The van der Waals surface area contributed by atoms with Gasteiger partial charge in [0.1, 0.15) is 0 Å². The number of alkyl halides is 6. The molecule has 2 unspecified atom stereocenters. The first-order chi connectivity index (χ1) is 11.9. The molecule has 4 N–H and O–H groups in total. The van der Waals surface area contributed by atoms with E-state index in [9.17, 15) is 26.3 Å². The van der Waals surface area contributed by atoms with E-state index in [2.05, 4.69) is 5.32 Å². The van der Waals surface area contributed by atoms with E-state index in [1.165, 1.54) is 0 Å². The van der Waals surface area contributed by atoms with E-state index in [-0.39, 0.29) is 18.9 Å². The second-order valence-electron chi connectivity index (χ2n) is 7.23. The van der Waals surface area contributed by atoms with Crippen molar-refractivity contribution in [2.45, 2.75) is 89.1 Å². The highest BCUT2D eigenvalue weighted by Gasteiger charge is 2.50. The Labute approximate surface area is 154 Å². The lowest BCUT2D eigenvalue weighted by Gasteiger charge is -2.45. The molecule has 0 amide bonds. The molecule has 0 aromatic carbocycles. The van der Waals surface area contributed by atoms with Crippen molar-refractivity contribution in [1.82, 2.24) is 5.32 Å². The van der Waals surface area contributed by atoms with Crippen molar-refractivity contribution in [2.75, 3.05) is 0 Å². The van der Waals surface area contributed by atoms with E-state index in [1.807, 2.05) is 0 Å². The summed E-state index contributed by atoms with van der Waals surface area (Å²) in [6.07, 6.45) is -8.28. The molecule has 1 aliphatic carbocycles. The Balaban J connectivity index is 0.00000119. The molecule has 5 nitrogen and oxygen atoms in total. The van der Waals surface area contributed by atoms with Crippen LogP contribution in [0.4, 0.5) is 26.3 Å². The average Bonchev–Trinajstić information content (AvgIpc) is 2.33. The molecule has 12 heteroatoms. The average molecular weight is 431 g/mol. The molecule has 0 aliphatic heterocycles. The lowest BCUT2D eigenvalue weighted by Crippen LogP contribution is -2.57. The van der Waals surface area contributed by atoms with Crippen LogP contribution in [0.15, 0.2) is 0 Å². The molecule has 1 saturated carbocycles. The number of halogens is 6. The molecule has 0 bridgehead atoms. The van der Waals surface area contributed by atoms with Crippen LogP contribution in [-0.2, 0) is 4.57 Å². The molecular formula is C15H28F6NO4P. The Morgan fingerprint density at radius 3 is 1.89 bits per heavy atom. The van der Waals surface area contributed by atoms with Gasteiger partial charge in [-0.15, -0.1) is 0 Å². The maximum absolute atomic E-state index is 13.1. The Kier molecular flexibility index (Phi) is 10.3. The number of phosphoric acid groups is 1. The van der Waals surface area contributed by atoms with Gasteiger partial charge in [0.15, 0.2) is 0 Å². The smallest absolute Gasteiger partial charge is 0.308 e. The number of nitrogens with one attached hydrogen (secondary N) is 1. The first-order valence-electron chi connectivity index (χ1n) is 8.63. The summed E-state index contributed by atoms with van der Waals surface area (Å²) in [6.45, 7) is 3.36. The summed E-state index contributed by atoms with van der Waals surface area (Å²) in [4.78, 5) is 21.6. The predicted molar refractivity (Wildman–Crippen MR) is 87.8 cm³/mol. The van der Waals surface area contributed by atoms with Crippen molar-refractivity contribution < 1.29 is 45.6 Å². The Hall–Kier alpha value is -0.350. The van der Waals surface area contributed by atoms with E-state index in [0.717, 1.165) is 12.8 Å². The molecule has 0 heterocycles. The Bertz CT molecular complexity index is 472. The molecule has 2 atom stereocenters. The SMILES string of the molecule is CC(C)NC1(CC(F)(F)F)CCCCCCC1CC(F)(F)F.O=P(O)(O)O. The fraction of sp³-hybridized carbons (Fsp3) is 1.00. The molecule has 1 rings (SSSR count). The molecule has 27 heavy (non-hydrogen) atoms. The minimum atomic E-state index is -4.64. The summed E-state index contributed by atoms with van der Waals surface area (Å²) in [6, 6.07) is -0.294. The third-order valence-corrected chi connectivity index (χ3v) is 4.28. The molecule has 1 fully saturated rings. The first kappa shape index (κ1) is 26.6. The normalized spacial score (nSPS) is 25.4. The van der Waals surface area contributed by atoms with Crippen molar-refractivity contribution in [1.29, 1.82) is 0 Å². The largest absolute Gasteiger partial charge is 0.466 e. The number of hydrogen-bond donors (Lipinski definition) is 4. The van der Waals surface area contributed by atoms with Gasteiger partial charge in [-0.1, -0.05) is 39.5 Å².